The van der Waals surface area contributed by atoms with Crippen molar-refractivity contribution in [3.8, 4) is 11.6 Å². The molecule has 1 fully saturated rings. The smallest absolute Gasteiger partial charge is 0.435 e. The van der Waals surface area contributed by atoms with Crippen LogP contribution < -0.4 is 9.88 Å². The SMILES string of the molecule is NS(=O)c1ccc(-n2nc(C(F)(F)F)cc2OC2CCCCC2)cc1F. The molecule has 10 heteroatoms. The predicted octanol–water partition coefficient (Wildman–Crippen LogP) is 3.72. The third-order valence-electron chi connectivity index (χ3n) is 4.18. The van der Waals surface area contributed by atoms with Gasteiger partial charge in [-0.15, -0.1) is 0 Å². The Morgan fingerprint density at radius 3 is 2.46 bits per heavy atom. The molecule has 1 aliphatic carbocycles. The van der Waals surface area contributed by atoms with Gasteiger partial charge >= 0.3 is 6.18 Å². The molecule has 1 aromatic heterocycles. The Labute approximate surface area is 149 Å². The zero-order valence-corrected chi connectivity index (χ0v) is 14.4. The summed E-state index contributed by atoms with van der Waals surface area (Å²) in [6.07, 6.45) is -0.436. The lowest BCUT2D eigenvalue weighted by Gasteiger charge is -2.23. The lowest BCUT2D eigenvalue weighted by atomic mass is 9.98. The summed E-state index contributed by atoms with van der Waals surface area (Å²) < 4.78 is 71.1. The Bertz CT molecular complexity index is 816. The quantitative estimate of drug-likeness (QED) is 0.808. The third kappa shape index (κ3) is 4.07. The van der Waals surface area contributed by atoms with Gasteiger partial charge in [-0.1, -0.05) is 6.42 Å². The molecule has 0 radical (unpaired) electrons. The molecular formula is C16H17F4N3O2S. The Hall–Kier alpha value is -1.94. The van der Waals surface area contributed by atoms with Crippen molar-refractivity contribution >= 4 is 11.0 Å². The van der Waals surface area contributed by atoms with Gasteiger partial charge in [0.1, 0.15) is 22.9 Å². The van der Waals surface area contributed by atoms with E-state index < -0.39 is 28.7 Å². The molecule has 0 bridgehead atoms. The molecule has 0 spiro atoms. The molecule has 26 heavy (non-hydrogen) atoms. The minimum absolute atomic E-state index is 0.0259. The van der Waals surface area contributed by atoms with Crippen LogP contribution in [0.15, 0.2) is 29.2 Å². The lowest BCUT2D eigenvalue weighted by Crippen LogP contribution is -2.21. The first-order valence-electron chi connectivity index (χ1n) is 8.05. The minimum atomic E-state index is -4.66. The van der Waals surface area contributed by atoms with Gasteiger partial charge in [-0.25, -0.2) is 18.4 Å². The van der Waals surface area contributed by atoms with E-state index in [0.29, 0.717) is 0 Å². The fourth-order valence-electron chi connectivity index (χ4n) is 2.91. The van der Waals surface area contributed by atoms with E-state index in [-0.39, 0.29) is 22.6 Å². The molecule has 1 aliphatic rings. The third-order valence-corrected chi connectivity index (χ3v) is 4.95. The highest BCUT2D eigenvalue weighted by Gasteiger charge is 2.36. The highest BCUT2D eigenvalue weighted by molar-refractivity contribution is 7.82. The summed E-state index contributed by atoms with van der Waals surface area (Å²) in [4.78, 5) is -0.244. The molecule has 2 aromatic rings. The van der Waals surface area contributed by atoms with Crippen LogP contribution in [-0.4, -0.2) is 20.1 Å². The molecule has 1 saturated carbocycles. The molecule has 1 heterocycles. The molecule has 0 amide bonds. The Balaban J connectivity index is 2.00. The maximum atomic E-state index is 14.0. The molecule has 2 N–H and O–H groups in total. The number of hydrogen-bond donors (Lipinski definition) is 1. The number of nitrogens with two attached hydrogens (primary N) is 1. The van der Waals surface area contributed by atoms with Crippen LogP contribution in [0.1, 0.15) is 37.8 Å². The van der Waals surface area contributed by atoms with Crippen LogP contribution in [0.5, 0.6) is 5.88 Å². The summed E-state index contributed by atoms with van der Waals surface area (Å²) in [5, 5.41) is 8.68. The van der Waals surface area contributed by atoms with E-state index in [4.69, 9.17) is 9.88 Å². The van der Waals surface area contributed by atoms with Crippen LogP contribution in [0.4, 0.5) is 17.6 Å². The summed E-state index contributed by atoms with van der Waals surface area (Å²) in [6.45, 7) is 0. The van der Waals surface area contributed by atoms with Crippen LogP contribution in [0.2, 0.25) is 0 Å². The number of ether oxygens (including phenoxy) is 1. The number of benzene rings is 1. The molecule has 1 aromatic carbocycles. The maximum Gasteiger partial charge on any atom is 0.435 e. The second-order valence-electron chi connectivity index (χ2n) is 6.07. The standard InChI is InChI=1S/C16H17F4N3O2S/c17-12-8-10(6-7-13(12)26(21)24)23-15(9-14(22-23)16(18,19)20)25-11-4-2-1-3-5-11/h6-9,11H,1-5,21H2. The van der Waals surface area contributed by atoms with Gasteiger partial charge in [-0.3, -0.25) is 0 Å². The number of halogens is 4. The largest absolute Gasteiger partial charge is 0.474 e. The van der Waals surface area contributed by atoms with Gasteiger partial charge in [0.25, 0.3) is 0 Å². The molecule has 142 valence electrons. The fraction of sp³-hybridized carbons (Fsp3) is 0.438. The summed E-state index contributed by atoms with van der Waals surface area (Å²) in [7, 11) is -2.04. The van der Waals surface area contributed by atoms with Gasteiger partial charge in [0.15, 0.2) is 5.69 Å². The van der Waals surface area contributed by atoms with Crippen LogP contribution in [0, 0.1) is 5.82 Å². The van der Waals surface area contributed by atoms with Crippen LogP contribution in [0.3, 0.4) is 0 Å². The molecule has 5 nitrogen and oxygen atoms in total. The molecule has 3 rings (SSSR count). The number of alkyl halides is 3. The van der Waals surface area contributed by atoms with E-state index in [0.717, 1.165) is 55.0 Å². The Kier molecular flexibility index (Phi) is 5.33. The van der Waals surface area contributed by atoms with Gasteiger partial charge < -0.3 is 4.74 Å². The topological polar surface area (TPSA) is 70.1 Å². The second-order valence-corrected chi connectivity index (χ2v) is 7.10. The molecule has 0 saturated heterocycles. The average Bonchev–Trinajstić information content (AvgIpc) is 2.99. The van der Waals surface area contributed by atoms with Crippen molar-refractivity contribution in [2.75, 3.05) is 0 Å². The first-order valence-corrected chi connectivity index (χ1v) is 9.27. The number of aromatic nitrogens is 2. The molecule has 1 unspecified atom stereocenters. The van der Waals surface area contributed by atoms with Crippen molar-refractivity contribution < 1.29 is 26.5 Å². The highest BCUT2D eigenvalue weighted by Crippen LogP contribution is 2.34. The molecule has 1 atom stereocenters. The van der Waals surface area contributed by atoms with Gasteiger partial charge in [0.05, 0.1) is 10.6 Å². The van der Waals surface area contributed by atoms with Crippen molar-refractivity contribution in [2.45, 2.75) is 49.3 Å². The first-order chi connectivity index (χ1) is 12.3. The van der Waals surface area contributed by atoms with Crippen molar-refractivity contribution in [3.05, 3.63) is 35.8 Å². The first kappa shape index (κ1) is 18.8. The molecular weight excluding hydrogens is 374 g/mol. The van der Waals surface area contributed by atoms with Crippen molar-refractivity contribution in [1.82, 2.24) is 9.78 Å². The monoisotopic (exact) mass is 391 g/mol. The molecule has 0 aliphatic heterocycles. The summed E-state index contributed by atoms with van der Waals surface area (Å²) in [5.41, 5.74) is -1.10. The number of hydrogen-bond acceptors (Lipinski definition) is 3. The zero-order chi connectivity index (χ0) is 18.9. The van der Waals surface area contributed by atoms with E-state index in [9.17, 15) is 21.8 Å². The fourth-order valence-corrected chi connectivity index (χ4v) is 3.36. The maximum absolute atomic E-state index is 14.0. The van der Waals surface area contributed by atoms with E-state index in [1.807, 2.05) is 0 Å². The van der Waals surface area contributed by atoms with Gasteiger partial charge in [0.2, 0.25) is 5.88 Å². The van der Waals surface area contributed by atoms with Crippen LogP contribution >= 0.6 is 0 Å². The summed E-state index contributed by atoms with van der Waals surface area (Å²) in [5.74, 6) is -0.999. The van der Waals surface area contributed by atoms with Crippen molar-refractivity contribution in [2.24, 2.45) is 5.14 Å². The van der Waals surface area contributed by atoms with E-state index in [1.165, 1.54) is 6.07 Å². The van der Waals surface area contributed by atoms with Crippen LogP contribution in [0.25, 0.3) is 5.69 Å². The number of nitrogens with zero attached hydrogens (tertiary/aromatic N) is 2. The van der Waals surface area contributed by atoms with Gasteiger partial charge in [-0.05, 0) is 37.8 Å². The Morgan fingerprint density at radius 2 is 1.88 bits per heavy atom. The summed E-state index contributed by atoms with van der Waals surface area (Å²) in [6, 6.07) is 4.19. The predicted molar refractivity (Wildman–Crippen MR) is 86.6 cm³/mol. The van der Waals surface area contributed by atoms with Crippen molar-refractivity contribution in [1.29, 1.82) is 0 Å². The minimum Gasteiger partial charge on any atom is -0.474 e. The zero-order valence-electron chi connectivity index (χ0n) is 13.6. The normalized spacial score (nSPS) is 17.3. The Morgan fingerprint density at radius 1 is 1.19 bits per heavy atom. The van der Waals surface area contributed by atoms with Gasteiger partial charge in [0, 0.05) is 12.1 Å². The lowest BCUT2D eigenvalue weighted by molar-refractivity contribution is -0.141. The van der Waals surface area contributed by atoms with E-state index >= 15 is 0 Å². The van der Waals surface area contributed by atoms with Crippen molar-refractivity contribution in [3.63, 3.8) is 0 Å². The van der Waals surface area contributed by atoms with Crippen LogP contribution in [-0.2, 0) is 17.2 Å². The number of rotatable bonds is 4. The second kappa shape index (κ2) is 7.36. The van der Waals surface area contributed by atoms with E-state index in [2.05, 4.69) is 5.10 Å². The van der Waals surface area contributed by atoms with E-state index in [1.54, 1.807) is 0 Å². The summed E-state index contributed by atoms with van der Waals surface area (Å²) >= 11 is 0. The highest BCUT2D eigenvalue weighted by atomic mass is 32.2. The van der Waals surface area contributed by atoms with Gasteiger partial charge in [-0.2, -0.15) is 18.3 Å². The average molecular weight is 391 g/mol.